The fourth-order valence-electron chi connectivity index (χ4n) is 3.09. The van der Waals surface area contributed by atoms with E-state index < -0.39 is 0 Å². The van der Waals surface area contributed by atoms with Gasteiger partial charge in [0, 0.05) is 13.2 Å². The second kappa shape index (κ2) is 10.7. The summed E-state index contributed by atoms with van der Waals surface area (Å²) in [4.78, 5) is 12.2. The second-order valence-electron chi connectivity index (χ2n) is 7.38. The van der Waals surface area contributed by atoms with Crippen molar-refractivity contribution < 1.29 is 19.0 Å². The Bertz CT molecular complexity index is 771. The molecule has 3 rings (SSSR count). The van der Waals surface area contributed by atoms with Crippen molar-refractivity contribution in [3.8, 4) is 11.5 Å². The minimum absolute atomic E-state index is 0.0820. The molecule has 0 spiro atoms. The summed E-state index contributed by atoms with van der Waals surface area (Å²) in [5.74, 6) is 1.48. The van der Waals surface area contributed by atoms with E-state index >= 15 is 0 Å². The Kier molecular flexibility index (Phi) is 7.76. The van der Waals surface area contributed by atoms with Gasteiger partial charge in [-0.2, -0.15) is 0 Å². The van der Waals surface area contributed by atoms with Gasteiger partial charge in [0.15, 0.2) is 0 Å². The summed E-state index contributed by atoms with van der Waals surface area (Å²) in [6.07, 6.45) is 2.41. The van der Waals surface area contributed by atoms with Gasteiger partial charge in [0.05, 0.1) is 24.4 Å². The minimum atomic E-state index is -0.0820. The van der Waals surface area contributed by atoms with Crippen LogP contribution in [0.2, 0.25) is 0 Å². The van der Waals surface area contributed by atoms with Gasteiger partial charge in [-0.15, -0.1) is 0 Å². The number of benzene rings is 2. The van der Waals surface area contributed by atoms with E-state index in [4.69, 9.17) is 14.2 Å². The summed E-state index contributed by atoms with van der Waals surface area (Å²) >= 11 is 0. The average molecular weight is 399 g/mol. The maximum absolute atomic E-state index is 12.2. The van der Waals surface area contributed by atoms with Gasteiger partial charge in [-0.25, -0.2) is 0 Å². The first-order valence-electron chi connectivity index (χ1n) is 10.2. The van der Waals surface area contributed by atoms with Gasteiger partial charge in [0.2, 0.25) is 5.91 Å². The molecule has 2 aromatic rings. The molecule has 0 radical (unpaired) electrons. The predicted molar refractivity (Wildman–Crippen MR) is 113 cm³/mol. The average Bonchev–Trinajstić information content (AvgIpc) is 3.24. The van der Waals surface area contributed by atoms with Crippen molar-refractivity contribution in [1.82, 2.24) is 5.32 Å². The fourth-order valence-corrected chi connectivity index (χ4v) is 3.09. The molecule has 1 heterocycles. The van der Waals surface area contributed by atoms with Crippen molar-refractivity contribution in [1.29, 1.82) is 0 Å². The summed E-state index contributed by atoms with van der Waals surface area (Å²) in [5.41, 5.74) is 1.82. The van der Waals surface area contributed by atoms with E-state index in [0.29, 0.717) is 13.2 Å². The van der Waals surface area contributed by atoms with Gasteiger partial charge in [-0.3, -0.25) is 4.79 Å². The predicted octanol–water partition coefficient (Wildman–Crippen LogP) is 3.76. The molecule has 0 aliphatic carbocycles. The van der Waals surface area contributed by atoms with Gasteiger partial charge in [-0.05, 0) is 56.5 Å². The molecule has 1 unspecified atom stereocenters. The molecule has 0 bridgehead atoms. The highest BCUT2D eigenvalue weighted by molar-refractivity contribution is 5.81. The topological polar surface area (TPSA) is 68.8 Å². The number of ether oxygens (including phenoxy) is 3. The third-order valence-electron chi connectivity index (χ3n) is 4.56. The number of rotatable bonds is 10. The fraction of sp³-hybridized carbons (Fsp3) is 0.435. The molecule has 0 saturated carbocycles. The maximum Gasteiger partial charge on any atom is 0.239 e. The Morgan fingerprint density at radius 3 is 2.69 bits per heavy atom. The Labute approximate surface area is 172 Å². The molecule has 156 valence electrons. The van der Waals surface area contributed by atoms with Crippen LogP contribution in [0.4, 0.5) is 5.69 Å². The highest BCUT2D eigenvalue weighted by atomic mass is 16.5. The van der Waals surface area contributed by atoms with Crippen molar-refractivity contribution in [2.45, 2.75) is 45.4 Å². The molecule has 6 nitrogen and oxygen atoms in total. The first-order chi connectivity index (χ1) is 14.1. The Morgan fingerprint density at radius 2 is 1.97 bits per heavy atom. The molecule has 1 atom stereocenters. The summed E-state index contributed by atoms with van der Waals surface area (Å²) in [5, 5.41) is 6.08. The zero-order valence-corrected chi connectivity index (χ0v) is 17.1. The summed E-state index contributed by atoms with van der Waals surface area (Å²) < 4.78 is 17.1. The molecule has 0 aromatic heterocycles. The number of amides is 1. The SMILES string of the molecule is CC(C)Oc1ccc(CNC(=O)CNc2ccccc2OCC2CCCO2)cc1. The normalized spacial score (nSPS) is 15.9. The lowest BCUT2D eigenvalue weighted by Crippen LogP contribution is -2.29. The van der Waals surface area contributed by atoms with Crippen LogP contribution in [-0.2, 0) is 16.1 Å². The monoisotopic (exact) mass is 398 g/mol. The van der Waals surface area contributed by atoms with Gasteiger partial charge in [0.1, 0.15) is 18.1 Å². The number of hydrogen-bond donors (Lipinski definition) is 2. The lowest BCUT2D eigenvalue weighted by atomic mass is 10.2. The van der Waals surface area contributed by atoms with Gasteiger partial charge < -0.3 is 24.8 Å². The van der Waals surface area contributed by atoms with Crippen molar-refractivity contribution in [3.63, 3.8) is 0 Å². The number of carbonyl (C=O) groups excluding carboxylic acids is 1. The Morgan fingerprint density at radius 1 is 1.17 bits per heavy atom. The Balaban J connectivity index is 1.43. The van der Waals surface area contributed by atoms with Gasteiger partial charge >= 0.3 is 0 Å². The second-order valence-corrected chi connectivity index (χ2v) is 7.38. The van der Waals surface area contributed by atoms with E-state index in [1.54, 1.807) is 0 Å². The molecule has 2 aromatic carbocycles. The molecule has 1 aliphatic rings. The van der Waals surface area contributed by atoms with Gasteiger partial charge in [0.25, 0.3) is 0 Å². The third kappa shape index (κ3) is 6.98. The first-order valence-corrected chi connectivity index (χ1v) is 10.2. The van der Waals surface area contributed by atoms with Gasteiger partial charge in [-0.1, -0.05) is 24.3 Å². The van der Waals surface area contributed by atoms with E-state index in [1.165, 1.54) is 0 Å². The van der Waals surface area contributed by atoms with Crippen LogP contribution in [0, 0.1) is 0 Å². The maximum atomic E-state index is 12.2. The van der Waals surface area contributed by atoms with Crippen molar-refractivity contribution in [2.75, 3.05) is 25.1 Å². The van der Waals surface area contributed by atoms with E-state index in [0.717, 1.165) is 42.2 Å². The smallest absolute Gasteiger partial charge is 0.239 e. The number of hydrogen-bond acceptors (Lipinski definition) is 5. The molecule has 2 N–H and O–H groups in total. The van der Waals surface area contributed by atoms with E-state index in [-0.39, 0.29) is 24.7 Å². The standard InChI is InChI=1S/C23H30N2O4/c1-17(2)29-19-11-9-18(10-12-19)14-25-23(26)15-24-21-7-3-4-8-22(21)28-16-20-6-5-13-27-20/h3-4,7-12,17,20,24H,5-6,13-16H2,1-2H3,(H,25,26). The van der Waals surface area contributed by atoms with E-state index in [9.17, 15) is 4.79 Å². The minimum Gasteiger partial charge on any atom is -0.491 e. The molecule has 6 heteroatoms. The molecule has 1 fully saturated rings. The van der Waals surface area contributed by atoms with Crippen molar-refractivity contribution >= 4 is 11.6 Å². The van der Waals surface area contributed by atoms with Crippen LogP contribution in [0.1, 0.15) is 32.3 Å². The van der Waals surface area contributed by atoms with Crippen LogP contribution in [-0.4, -0.2) is 37.9 Å². The van der Waals surface area contributed by atoms with E-state index in [2.05, 4.69) is 10.6 Å². The third-order valence-corrected chi connectivity index (χ3v) is 4.56. The molecule has 1 saturated heterocycles. The van der Waals surface area contributed by atoms with Crippen LogP contribution in [0.5, 0.6) is 11.5 Å². The van der Waals surface area contributed by atoms with Crippen molar-refractivity contribution in [2.24, 2.45) is 0 Å². The molecule has 1 amide bonds. The highest BCUT2D eigenvalue weighted by Gasteiger charge is 2.16. The summed E-state index contributed by atoms with van der Waals surface area (Å²) in [6.45, 7) is 5.97. The van der Waals surface area contributed by atoms with E-state index in [1.807, 2.05) is 62.4 Å². The van der Waals surface area contributed by atoms with Crippen molar-refractivity contribution in [3.05, 3.63) is 54.1 Å². The highest BCUT2D eigenvalue weighted by Crippen LogP contribution is 2.24. The lowest BCUT2D eigenvalue weighted by molar-refractivity contribution is -0.119. The number of nitrogens with one attached hydrogen (secondary N) is 2. The zero-order chi connectivity index (χ0) is 20.5. The zero-order valence-electron chi connectivity index (χ0n) is 17.1. The summed E-state index contributed by atoms with van der Waals surface area (Å²) in [6, 6.07) is 15.4. The van der Waals surface area contributed by atoms with Crippen LogP contribution >= 0.6 is 0 Å². The number of anilines is 1. The van der Waals surface area contributed by atoms with Crippen LogP contribution in [0.25, 0.3) is 0 Å². The largest absolute Gasteiger partial charge is 0.491 e. The summed E-state index contributed by atoms with van der Waals surface area (Å²) in [7, 11) is 0. The molecule has 1 aliphatic heterocycles. The number of carbonyl (C=O) groups is 1. The first kappa shape index (κ1) is 21.0. The lowest BCUT2D eigenvalue weighted by Gasteiger charge is -2.15. The van der Waals surface area contributed by atoms with Crippen LogP contribution in [0.15, 0.2) is 48.5 Å². The molecular formula is C23H30N2O4. The van der Waals surface area contributed by atoms with Crippen LogP contribution < -0.4 is 20.1 Å². The molecular weight excluding hydrogens is 368 g/mol. The molecule has 29 heavy (non-hydrogen) atoms. The number of para-hydroxylation sites is 2. The Hall–Kier alpha value is -2.73. The van der Waals surface area contributed by atoms with Crippen LogP contribution in [0.3, 0.4) is 0 Å². The quantitative estimate of drug-likeness (QED) is 0.638.